The van der Waals surface area contributed by atoms with Crippen molar-refractivity contribution in [3.05, 3.63) is 35.9 Å². The van der Waals surface area contributed by atoms with Crippen LogP contribution in [-0.2, 0) is 14.3 Å². The van der Waals surface area contributed by atoms with Crippen molar-refractivity contribution in [1.82, 2.24) is 4.90 Å². The van der Waals surface area contributed by atoms with Crippen LogP contribution in [0.3, 0.4) is 0 Å². The molecule has 4 nitrogen and oxygen atoms in total. The maximum Gasteiger partial charge on any atom is 0.329 e. The van der Waals surface area contributed by atoms with E-state index in [1.54, 1.807) is 16.7 Å². The molecule has 0 bridgehead atoms. The first kappa shape index (κ1) is 16.9. The number of carbonyl (C=O) groups excluding carboxylic acids is 2. The number of amides is 1. The summed E-state index contributed by atoms with van der Waals surface area (Å²) in [7, 11) is 0. The zero-order valence-corrected chi connectivity index (χ0v) is 14.0. The molecule has 2 rings (SSSR count). The Morgan fingerprint density at radius 1 is 1.27 bits per heavy atom. The highest BCUT2D eigenvalue weighted by molar-refractivity contribution is 7.99. The fourth-order valence-electron chi connectivity index (χ4n) is 2.46. The second kappa shape index (κ2) is 8.22. The lowest BCUT2D eigenvalue weighted by atomic mass is 10.1. The Hall–Kier alpha value is -1.49. The van der Waals surface area contributed by atoms with E-state index in [2.05, 4.69) is 6.92 Å². The van der Waals surface area contributed by atoms with Gasteiger partial charge >= 0.3 is 5.97 Å². The second-order valence-electron chi connectivity index (χ2n) is 5.29. The molecule has 120 valence electrons. The Bertz CT molecular complexity index is 506. The van der Waals surface area contributed by atoms with Crippen molar-refractivity contribution in [2.45, 2.75) is 44.5 Å². The van der Waals surface area contributed by atoms with Gasteiger partial charge in [0.2, 0.25) is 5.91 Å². The van der Waals surface area contributed by atoms with Crippen molar-refractivity contribution < 1.29 is 14.3 Å². The van der Waals surface area contributed by atoms with E-state index in [0.29, 0.717) is 18.8 Å². The normalized spacial score (nSPS) is 20.9. The first-order valence-electron chi connectivity index (χ1n) is 7.83. The van der Waals surface area contributed by atoms with E-state index in [9.17, 15) is 9.59 Å². The van der Waals surface area contributed by atoms with Gasteiger partial charge < -0.3 is 9.64 Å². The van der Waals surface area contributed by atoms with E-state index in [4.69, 9.17) is 4.74 Å². The van der Waals surface area contributed by atoms with E-state index < -0.39 is 6.04 Å². The summed E-state index contributed by atoms with van der Waals surface area (Å²) < 4.78 is 5.33. The van der Waals surface area contributed by atoms with Crippen molar-refractivity contribution in [3.63, 3.8) is 0 Å². The van der Waals surface area contributed by atoms with Crippen LogP contribution in [-0.4, -0.2) is 35.2 Å². The molecule has 0 spiro atoms. The Balaban J connectivity index is 2.14. The van der Waals surface area contributed by atoms with Crippen LogP contribution in [0.4, 0.5) is 0 Å². The number of thioether (sulfide) groups is 1. The van der Waals surface area contributed by atoms with Crippen molar-refractivity contribution in [3.8, 4) is 0 Å². The van der Waals surface area contributed by atoms with Gasteiger partial charge in [-0.2, -0.15) is 0 Å². The highest BCUT2D eigenvalue weighted by atomic mass is 32.2. The van der Waals surface area contributed by atoms with Gasteiger partial charge in [0.05, 0.1) is 6.61 Å². The van der Waals surface area contributed by atoms with Crippen LogP contribution in [0.15, 0.2) is 30.3 Å². The summed E-state index contributed by atoms with van der Waals surface area (Å²) in [6.45, 7) is 4.31. The number of benzene rings is 1. The largest absolute Gasteiger partial charge is 0.464 e. The van der Waals surface area contributed by atoms with E-state index in [-0.39, 0.29) is 17.3 Å². The van der Waals surface area contributed by atoms with Gasteiger partial charge in [0.1, 0.15) is 11.4 Å². The number of hydrogen-bond donors (Lipinski definition) is 0. The van der Waals surface area contributed by atoms with Crippen molar-refractivity contribution >= 4 is 23.6 Å². The quantitative estimate of drug-likeness (QED) is 0.595. The fourth-order valence-corrected chi connectivity index (χ4v) is 3.90. The molecule has 1 saturated heterocycles. The van der Waals surface area contributed by atoms with Gasteiger partial charge in [0, 0.05) is 12.2 Å². The molecule has 22 heavy (non-hydrogen) atoms. The van der Waals surface area contributed by atoms with Crippen molar-refractivity contribution in [2.24, 2.45) is 0 Å². The molecule has 0 N–H and O–H groups in total. The summed E-state index contributed by atoms with van der Waals surface area (Å²) >= 11 is 1.63. The number of esters is 1. The average molecular weight is 321 g/mol. The molecule has 1 aliphatic heterocycles. The average Bonchev–Trinajstić information content (AvgIpc) is 3.00. The van der Waals surface area contributed by atoms with Gasteiger partial charge in [0.15, 0.2) is 0 Å². The van der Waals surface area contributed by atoms with Gasteiger partial charge in [0.25, 0.3) is 0 Å². The van der Waals surface area contributed by atoms with Crippen molar-refractivity contribution in [2.75, 3.05) is 12.4 Å². The van der Waals surface area contributed by atoms with E-state index in [1.807, 2.05) is 37.3 Å². The molecule has 0 unspecified atom stereocenters. The summed E-state index contributed by atoms with van der Waals surface area (Å²) in [6.07, 6.45) is 2.23. The zero-order valence-electron chi connectivity index (χ0n) is 13.2. The number of ether oxygens (including phenoxy) is 1. The van der Waals surface area contributed by atoms with Crippen LogP contribution in [0.1, 0.15) is 44.0 Å². The minimum atomic E-state index is -0.473. The number of unbranched alkanes of at least 4 members (excludes halogenated alkanes) is 1. The van der Waals surface area contributed by atoms with Gasteiger partial charge in [-0.25, -0.2) is 4.79 Å². The van der Waals surface area contributed by atoms with Crippen LogP contribution in [0, 0.1) is 0 Å². The monoisotopic (exact) mass is 321 g/mol. The highest BCUT2D eigenvalue weighted by Gasteiger charge is 2.42. The summed E-state index contributed by atoms with van der Waals surface area (Å²) in [4.78, 5) is 26.3. The van der Waals surface area contributed by atoms with Gasteiger partial charge in [-0.3, -0.25) is 4.79 Å². The highest BCUT2D eigenvalue weighted by Crippen LogP contribution is 2.41. The maximum atomic E-state index is 12.3. The minimum Gasteiger partial charge on any atom is -0.464 e. The van der Waals surface area contributed by atoms with E-state index >= 15 is 0 Å². The molecule has 1 fully saturated rings. The third-order valence-corrected chi connectivity index (χ3v) is 5.01. The molecule has 0 aliphatic carbocycles. The van der Waals surface area contributed by atoms with Crippen LogP contribution in [0.2, 0.25) is 0 Å². The number of nitrogens with zero attached hydrogens (tertiary/aromatic N) is 1. The predicted molar refractivity (Wildman–Crippen MR) is 88.4 cm³/mol. The third kappa shape index (κ3) is 3.83. The van der Waals surface area contributed by atoms with Gasteiger partial charge in [-0.15, -0.1) is 11.8 Å². The molecule has 1 aliphatic rings. The van der Waals surface area contributed by atoms with Crippen LogP contribution < -0.4 is 0 Å². The Kier molecular flexibility index (Phi) is 6.31. The SMILES string of the molecule is CCCCOC(=O)[C@@H]1CS[C@@H](c2ccccc2)N1C(=O)CC. The topological polar surface area (TPSA) is 46.6 Å². The zero-order chi connectivity index (χ0) is 15.9. The first-order valence-corrected chi connectivity index (χ1v) is 8.88. The lowest BCUT2D eigenvalue weighted by molar-refractivity contribution is -0.154. The van der Waals surface area contributed by atoms with Crippen molar-refractivity contribution in [1.29, 1.82) is 0 Å². The lowest BCUT2D eigenvalue weighted by Gasteiger charge is -2.28. The molecular formula is C17H23NO3S. The first-order chi connectivity index (χ1) is 10.7. The van der Waals surface area contributed by atoms with E-state index in [0.717, 1.165) is 18.4 Å². The van der Waals surface area contributed by atoms with Crippen LogP contribution in [0.5, 0.6) is 0 Å². The molecule has 0 radical (unpaired) electrons. The molecule has 5 heteroatoms. The van der Waals surface area contributed by atoms with Crippen LogP contribution in [0.25, 0.3) is 0 Å². The fraction of sp³-hybridized carbons (Fsp3) is 0.529. The standard InChI is InChI=1S/C17H23NO3S/c1-3-5-11-21-17(20)14-12-22-16(18(14)15(19)4-2)13-9-7-6-8-10-13/h6-10,14,16H,3-5,11-12H2,1-2H3/t14-,16-/m0/s1. The Morgan fingerprint density at radius 3 is 2.64 bits per heavy atom. The smallest absolute Gasteiger partial charge is 0.329 e. The predicted octanol–water partition coefficient (Wildman–Crippen LogP) is 3.38. The summed E-state index contributed by atoms with van der Waals surface area (Å²) in [5, 5.41) is -0.0997. The molecule has 2 atom stereocenters. The minimum absolute atomic E-state index is 0.00343. The molecule has 1 aromatic carbocycles. The molecule has 1 amide bonds. The summed E-state index contributed by atoms with van der Waals surface area (Å²) in [6, 6.07) is 9.39. The number of hydrogen-bond acceptors (Lipinski definition) is 4. The summed E-state index contributed by atoms with van der Waals surface area (Å²) in [5.74, 6) is 0.313. The molecule has 0 aromatic heterocycles. The van der Waals surface area contributed by atoms with Crippen LogP contribution >= 0.6 is 11.8 Å². The molecule has 1 heterocycles. The lowest BCUT2D eigenvalue weighted by Crippen LogP contribution is -2.43. The number of rotatable bonds is 6. The van der Waals surface area contributed by atoms with Gasteiger partial charge in [-0.1, -0.05) is 50.6 Å². The molecular weight excluding hydrogens is 298 g/mol. The second-order valence-corrected chi connectivity index (χ2v) is 6.40. The molecule has 1 aromatic rings. The number of carbonyl (C=O) groups is 2. The molecule has 0 saturated carbocycles. The Labute approximate surface area is 136 Å². The Morgan fingerprint density at radius 2 is 2.00 bits per heavy atom. The maximum absolute atomic E-state index is 12.3. The van der Waals surface area contributed by atoms with Gasteiger partial charge in [-0.05, 0) is 12.0 Å². The summed E-state index contributed by atoms with van der Waals surface area (Å²) in [5.41, 5.74) is 1.05. The third-order valence-electron chi connectivity index (χ3n) is 3.69. The van der Waals surface area contributed by atoms with E-state index in [1.165, 1.54) is 0 Å².